The van der Waals surface area contributed by atoms with Gasteiger partial charge in [0.15, 0.2) is 5.82 Å². The molecular weight excluding hydrogens is 316 g/mol. The maximum absolute atomic E-state index is 5.34. The molecular formula is C18H16N6O. The van der Waals surface area contributed by atoms with Crippen LogP contribution in [0.15, 0.2) is 59.4 Å². The Morgan fingerprint density at radius 1 is 1.04 bits per heavy atom. The summed E-state index contributed by atoms with van der Waals surface area (Å²) in [4.78, 5) is 10.3. The Labute approximate surface area is 144 Å². The third-order valence-electron chi connectivity index (χ3n) is 3.83. The van der Waals surface area contributed by atoms with Gasteiger partial charge >= 0.3 is 0 Å². The predicted molar refractivity (Wildman–Crippen MR) is 90.2 cm³/mol. The molecule has 0 bridgehead atoms. The van der Waals surface area contributed by atoms with E-state index in [0.717, 1.165) is 22.6 Å². The van der Waals surface area contributed by atoms with Crippen LogP contribution in [0.4, 0.5) is 0 Å². The van der Waals surface area contributed by atoms with E-state index in [9.17, 15) is 0 Å². The Hall–Kier alpha value is -3.35. The summed E-state index contributed by atoms with van der Waals surface area (Å²) < 4.78 is 5.34. The van der Waals surface area contributed by atoms with Crippen LogP contribution < -0.4 is 0 Å². The molecule has 3 aromatic heterocycles. The lowest BCUT2D eigenvalue weighted by molar-refractivity contribution is 0.379. The highest BCUT2D eigenvalue weighted by Gasteiger charge is 2.12. The molecule has 124 valence electrons. The van der Waals surface area contributed by atoms with Crippen molar-refractivity contribution in [1.82, 2.24) is 30.1 Å². The molecule has 1 aromatic carbocycles. The van der Waals surface area contributed by atoms with Gasteiger partial charge in [-0.1, -0.05) is 29.4 Å². The topological polar surface area (TPSA) is 82.5 Å². The molecule has 4 rings (SSSR count). The van der Waals surface area contributed by atoms with Crippen LogP contribution in [0, 0.1) is 6.92 Å². The zero-order chi connectivity index (χ0) is 17.1. The first-order valence-corrected chi connectivity index (χ1v) is 7.96. The second kappa shape index (κ2) is 6.64. The van der Waals surface area contributed by atoms with Gasteiger partial charge in [-0.2, -0.15) is 20.0 Å². The van der Waals surface area contributed by atoms with E-state index in [1.165, 1.54) is 0 Å². The van der Waals surface area contributed by atoms with E-state index in [1.54, 1.807) is 17.2 Å². The Bertz CT molecular complexity index is 976. The molecule has 0 N–H and O–H groups in total. The van der Waals surface area contributed by atoms with Crippen molar-refractivity contribution in [2.24, 2.45) is 0 Å². The minimum Gasteiger partial charge on any atom is -0.339 e. The van der Waals surface area contributed by atoms with Gasteiger partial charge < -0.3 is 4.52 Å². The highest BCUT2D eigenvalue weighted by atomic mass is 16.5. The van der Waals surface area contributed by atoms with E-state index in [4.69, 9.17) is 4.52 Å². The second-order valence-electron chi connectivity index (χ2n) is 5.67. The van der Waals surface area contributed by atoms with Gasteiger partial charge in [-0.15, -0.1) is 0 Å². The minimum atomic E-state index is 0.450. The molecule has 0 aliphatic rings. The summed E-state index contributed by atoms with van der Waals surface area (Å²) in [5.74, 6) is 1.17. The van der Waals surface area contributed by atoms with Gasteiger partial charge in [0.25, 0.3) is 0 Å². The Morgan fingerprint density at radius 2 is 1.92 bits per heavy atom. The summed E-state index contributed by atoms with van der Waals surface area (Å²) >= 11 is 0. The van der Waals surface area contributed by atoms with Gasteiger partial charge in [0, 0.05) is 18.3 Å². The molecule has 7 nitrogen and oxygen atoms in total. The summed E-state index contributed by atoms with van der Waals surface area (Å²) in [6.07, 6.45) is 4.53. The Kier molecular flexibility index (Phi) is 4.04. The fourth-order valence-electron chi connectivity index (χ4n) is 2.52. The quantitative estimate of drug-likeness (QED) is 0.558. The molecule has 0 fully saturated rings. The second-order valence-corrected chi connectivity index (χ2v) is 5.67. The van der Waals surface area contributed by atoms with Crippen LogP contribution in [0.25, 0.3) is 5.69 Å². The smallest absolute Gasteiger partial charge is 0.232 e. The normalized spacial score (nSPS) is 10.9. The molecule has 0 amide bonds. The zero-order valence-corrected chi connectivity index (χ0v) is 13.7. The lowest BCUT2D eigenvalue weighted by Gasteiger charge is -1.99. The molecule has 0 unspecified atom stereocenters. The first-order valence-electron chi connectivity index (χ1n) is 7.96. The molecule has 7 heteroatoms. The van der Waals surface area contributed by atoms with Crippen molar-refractivity contribution in [1.29, 1.82) is 0 Å². The first-order chi connectivity index (χ1) is 12.3. The van der Waals surface area contributed by atoms with Crippen molar-refractivity contribution in [2.45, 2.75) is 19.8 Å². The Morgan fingerprint density at radius 3 is 2.76 bits per heavy atom. The SMILES string of the molecule is Cc1ncccc1Cc1noc(Cc2cnn(-c3ccccc3)n2)n1. The van der Waals surface area contributed by atoms with Crippen molar-refractivity contribution in [2.75, 3.05) is 0 Å². The highest BCUT2D eigenvalue weighted by Crippen LogP contribution is 2.12. The number of benzene rings is 1. The van der Waals surface area contributed by atoms with Crippen LogP contribution in [0.2, 0.25) is 0 Å². The van der Waals surface area contributed by atoms with E-state index in [1.807, 2.05) is 49.4 Å². The number of pyridine rings is 1. The highest BCUT2D eigenvalue weighted by molar-refractivity contribution is 5.28. The summed E-state index contributed by atoms with van der Waals surface area (Å²) in [7, 11) is 0. The van der Waals surface area contributed by atoms with Crippen LogP contribution in [0.5, 0.6) is 0 Å². The van der Waals surface area contributed by atoms with Crippen LogP contribution in [-0.2, 0) is 12.8 Å². The average Bonchev–Trinajstić information content (AvgIpc) is 3.28. The van der Waals surface area contributed by atoms with E-state index in [2.05, 4.69) is 25.3 Å². The van der Waals surface area contributed by atoms with E-state index in [-0.39, 0.29) is 0 Å². The van der Waals surface area contributed by atoms with E-state index in [0.29, 0.717) is 24.6 Å². The fourth-order valence-corrected chi connectivity index (χ4v) is 2.52. The molecule has 0 aliphatic carbocycles. The van der Waals surface area contributed by atoms with Crippen molar-refractivity contribution >= 4 is 0 Å². The predicted octanol–water partition coefficient (Wildman–Crippen LogP) is 2.54. The molecule has 0 aliphatic heterocycles. The van der Waals surface area contributed by atoms with Gasteiger partial charge in [0.1, 0.15) is 0 Å². The van der Waals surface area contributed by atoms with Gasteiger partial charge in [0.2, 0.25) is 5.89 Å². The monoisotopic (exact) mass is 332 g/mol. The number of hydrogen-bond acceptors (Lipinski definition) is 6. The number of para-hydroxylation sites is 1. The Balaban J connectivity index is 1.47. The van der Waals surface area contributed by atoms with E-state index >= 15 is 0 Å². The minimum absolute atomic E-state index is 0.450. The lowest BCUT2D eigenvalue weighted by atomic mass is 10.1. The standard InChI is InChI=1S/C18H16N6O/c1-13-14(6-5-9-19-13)10-17-21-18(25-23-17)11-15-12-20-24(22-15)16-7-3-2-4-8-16/h2-9,12H,10-11H2,1H3. The first kappa shape index (κ1) is 15.2. The summed E-state index contributed by atoms with van der Waals surface area (Å²) in [6, 6.07) is 13.7. The number of hydrogen-bond donors (Lipinski definition) is 0. The van der Waals surface area contributed by atoms with Crippen LogP contribution in [0.1, 0.15) is 28.7 Å². The van der Waals surface area contributed by atoms with Crippen LogP contribution in [0.3, 0.4) is 0 Å². The van der Waals surface area contributed by atoms with Crippen LogP contribution >= 0.6 is 0 Å². The average molecular weight is 332 g/mol. The van der Waals surface area contributed by atoms with E-state index < -0.39 is 0 Å². The van der Waals surface area contributed by atoms with Crippen molar-refractivity contribution < 1.29 is 4.52 Å². The van der Waals surface area contributed by atoms with Crippen molar-refractivity contribution in [3.8, 4) is 5.69 Å². The van der Waals surface area contributed by atoms with Crippen molar-refractivity contribution in [3.05, 3.63) is 83.5 Å². The third kappa shape index (κ3) is 3.45. The molecule has 0 atom stereocenters. The molecule has 0 saturated carbocycles. The zero-order valence-electron chi connectivity index (χ0n) is 13.7. The maximum Gasteiger partial charge on any atom is 0.232 e. The molecule has 25 heavy (non-hydrogen) atoms. The van der Waals surface area contributed by atoms with Gasteiger partial charge in [0.05, 0.1) is 24.0 Å². The maximum atomic E-state index is 5.34. The lowest BCUT2D eigenvalue weighted by Crippen LogP contribution is -1.99. The fraction of sp³-hybridized carbons (Fsp3) is 0.167. The summed E-state index contributed by atoms with van der Waals surface area (Å²) in [5, 5.41) is 12.8. The third-order valence-corrected chi connectivity index (χ3v) is 3.83. The van der Waals surface area contributed by atoms with Gasteiger partial charge in [-0.3, -0.25) is 4.98 Å². The number of aromatic nitrogens is 6. The van der Waals surface area contributed by atoms with Crippen molar-refractivity contribution in [3.63, 3.8) is 0 Å². The summed E-state index contributed by atoms with van der Waals surface area (Å²) in [5.41, 5.74) is 3.74. The molecule has 4 aromatic rings. The van der Waals surface area contributed by atoms with Gasteiger partial charge in [-0.25, -0.2) is 0 Å². The number of nitrogens with zero attached hydrogens (tertiary/aromatic N) is 6. The molecule has 0 spiro atoms. The largest absolute Gasteiger partial charge is 0.339 e. The van der Waals surface area contributed by atoms with Gasteiger partial charge in [-0.05, 0) is 30.7 Å². The molecule has 0 saturated heterocycles. The molecule has 3 heterocycles. The van der Waals surface area contributed by atoms with Crippen LogP contribution in [-0.4, -0.2) is 30.1 Å². The summed E-state index contributed by atoms with van der Waals surface area (Å²) in [6.45, 7) is 1.97. The molecule has 0 radical (unpaired) electrons. The number of aryl methyl sites for hydroxylation is 1. The number of rotatable bonds is 5.